The van der Waals surface area contributed by atoms with Gasteiger partial charge in [-0.3, -0.25) is 19.7 Å². The minimum Gasteiger partial charge on any atom is -0.497 e. The van der Waals surface area contributed by atoms with Crippen molar-refractivity contribution in [1.29, 1.82) is 0 Å². The zero-order chi connectivity index (χ0) is 21.7. The van der Waals surface area contributed by atoms with Crippen molar-refractivity contribution in [1.82, 2.24) is 0 Å². The molecule has 0 amide bonds. The van der Waals surface area contributed by atoms with Crippen LogP contribution in [0.15, 0.2) is 42.5 Å². The minimum atomic E-state index is -1.30. The summed E-state index contributed by atoms with van der Waals surface area (Å²) in [7, 11) is 1.51. The highest BCUT2D eigenvalue weighted by molar-refractivity contribution is 6.09. The molecule has 0 saturated heterocycles. The third kappa shape index (κ3) is 4.67. The Labute approximate surface area is 175 Å². The summed E-state index contributed by atoms with van der Waals surface area (Å²) in [5, 5.41) is 11.5. The fourth-order valence-corrected chi connectivity index (χ4v) is 4.01. The topological polar surface area (TPSA) is 95.7 Å². The van der Waals surface area contributed by atoms with Crippen LogP contribution >= 0.6 is 0 Å². The fraction of sp³-hybridized carbons (Fsp3) is 0.391. The van der Waals surface area contributed by atoms with E-state index in [9.17, 15) is 19.7 Å². The summed E-state index contributed by atoms with van der Waals surface area (Å²) >= 11 is 0. The van der Waals surface area contributed by atoms with Gasteiger partial charge in [-0.25, -0.2) is 0 Å². The number of nitro groups is 1. The van der Waals surface area contributed by atoms with E-state index in [1.54, 1.807) is 37.3 Å². The van der Waals surface area contributed by atoms with E-state index in [2.05, 4.69) is 0 Å². The highest BCUT2D eigenvalue weighted by atomic mass is 16.6. The summed E-state index contributed by atoms with van der Waals surface area (Å²) in [6.07, 6.45) is 2.90. The van der Waals surface area contributed by atoms with Gasteiger partial charge in [0.25, 0.3) is 0 Å². The monoisotopic (exact) mass is 411 g/mol. The largest absolute Gasteiger partial charge is 0.497 e. The lowest BCUT2D eigenvalue weighted by atomic mass is 9.80. The molecule has 2 aromatic carbocycles. The van der Waals surface area contributed by atoms with Gasteiger partial charge in [0.2, 0.25) is 6.54 Å². The fourth-order valence-electron chi connectivity index (χ4n) is 4.01. The number of methoxy groups -OCH3 is 1. The van der Waals surface area contributed by atoms with Gasteiger partial charge in [-0.05, 0) is 67.1 Å². The Kier molecular flexibility index (Phi) is 6.82. The first-order valence-electron chi connectivity index (χ1n) is 10.0. The van der Waals surface area contributed by atoms with Crippen molar-refractivity contribution in [3.8, 4) is 5.75 Å². The Morgan fingerprint density at radius 2 is 1.80 bits per heavy atom. The normalized spacial score (nSPS) is 14.5. The molecule has 1 aliphatic carbocycles. The van der Waals surface area contributed by atoms with Crippen LogP contribution < -0.4 is 4.74 Å². The zero-order valence-electron chi connectivity index (χ0n) is 17.1. The van der Waals surface area contributed by atoms with Gasteiger partial charge in [-0.15, -0.1) is 0 Å². The second-order valence-corrected chi connectivity index (χ2v) is 7.33. The number of ketones is 1. The van der Waals surface area contributed by atoms with Gasteiger partial charge < -0.3 is 9.47 Å². The first-order valence-corrected chi connectivity index (χ1v) is 10.0. The van der Waals surface area contributed by atoms with E-state index in [0.29, 0.717) is 11.3 Å². The van der Waals surface area contributed by atoms with Gasteiger partial charge in [0, 0.05) is 10.5 Å². The van der Waals surface area contributed by atoms with E-state index in [-0.39, 0.29) is 12.2 Å². The van der Waals surface area contributed by atoms with Crippen LogP contribution in [-0.2, 0) is 22.4 Å². The average Bonchev–Trinajstić information content (AvgIpc) is 3.21. The van der Waals surface area contributed by atoms with Crippen LogP contribution in [0.4, 0.5) is 0 Å². The molecule has 0 fully saturated rings. The van der Waals surface area contributed by atoms with Crippen molar-refractivity contribution in [3.05, 3.63) is 74.8 Å². The molecule has 3 rings (SSSR count). The first-order chi connectivity index (χ1) is 14.4. The van der Waals surface area contributed by atoms with Crippen LogP contribution in [0, 0.1) is 16.0 Å². The van der Waals surface area contributed by atoms with E-state index >= 15 is 0 Å². The Bertz CT molecular complexity index is 937. The summed E-state index contributed by atoms with van der Waals surface area (Å²) in [5.41, 5.74) is 3.24. The molecule has 0 spiro atoms. The lowest BCUT2D eigenvalue weighted by Crippen LogP contribution is -2.35. The highest BCUT2D eigenvalue weighted by Crippen LogP contribution is 2.33. The predicted octanol–water partition coefficient (Wildman–Crippen LogP) is 3.61. The number of esters is 1. The van der Waals surface area contributed by atoms with Gasteiger partial charge in [0.1, 0.15) is 11.7 Å². The molecule has 158 valence electrons. The third-order valence-electron chi connectivity index (χ3n) is 5.50. The quantitative estimate of drug-likeness (QED) is 0.206. The molecule has 0 heterocycles. The molecule has 0 saturated carbocycles. The Morgan fingerprint density at radius 3 is 2.43 bits per heavy atom. The molecule has 2 aromatic rings. The predicted molar refractivity (Wildman–Crippen MR) is 111 cm³/mol. The first kappa shape index (κ1) is 21.5. The number of benzene rings is 2. The van der Waals surface area contributed by atoms with Crippen molar-refractivity contribution in [2.75, 3.05) is 20.3 Å². The molecule has 0 aliphatic heterocycles. The van der Waals surface area contributed by atoms with Gasteiger partial charge in [-0.2, -0.15) is 0 Å². The lowest BCUT2D eigenvalue weighted by Gasteiger charge is -2.23. The van der Waals surface area contributed by atoms with Crippen LogP contribution in [0.3, 0.4) is 0 Å². The molecule has 2 atom stereocenters. The van der Waals surface area contributed by atoms with Crippen molar-refractivity contribution >= 4 is 11.8 Å². The molecule has 1 aliphatic rings. The van der Waals surface area contributed by atoms with Crippen LogP contribution in [-0.4, -0.2) is 36.9 Å². The van der Waals surface area contributed by atoms with Crippen molar-refractivity contribution in [2.24, 2.45) is 5.92 Å². The molecule has 0 N–H and O–H groups in total. The van der Waals surface area contributed by atoms with E-state index in [1.807, 2.05) is 12.1 Å². The summed E-state index contributed by atoms with van der Waals surface area (Å²) < 4.78 is 10.3. The summed E-state index contributed by atoms with van der Waals surface area (Å²) in [6.45, 7) is 1.19. The number of hydrogen-bond donors (Lipinski definition) is 0. The molecular weight excluding hydrogens is 386 g/mol. The standard InChI is InChI=1S/C23H25NO6/c1-3-30-23(26)21(22(25)16-9-11-19(29-2)12-10-16)20(14-24(27)28)18-8-7-15-5-4-6-17(15)13-18/h7-13,20-21H,3-6,14H2,1-2H3. The number of ether oxygens (including phenoxy) is 2. The second-order valence-electron chi connectivity index (χ2n) is 7.33. The van der Waals surface area contributed by atoms with Gasteiger partial charge in [0.05, 0.1) is 19.6 Å². The van der Waals surface area contributed by atoms with E-state index < -0.39 is 35.1 Å². The molecule has 0 radical (unpaired) electrons. The summed E-state index contributed by atoms with van der Waals surface area (Å²) in [6, 6.07) is 12.0. The van der Waals surface area contributed by atoms with Crippen molar-refractivity contribution in [2.45, 2.75) is 32.1 Å². The average molecular weight is 411 g/mol. The molecule has 0 bridgehead atoms. The van der Waals surface area contributed by atoms with Crippen LogP contribution in [0.1, 0.15) is 46.3 Å². The van der Waals surface area contributed by atoms with Crippen molar-refractivity contribution < 1.29 is 24.0 Å². The van der Waals surface area contributed by atoms with Gasteiger partial charge >= 0.3 is 5.97 Å². The summed E-state index contributed by atoms with van der Waals surface area (Å²) in [4.78, 5) is 37.1. The number of aryl methyl sites for hydroxylation is 2. The smallest absolute Gasteiger partial charge is 0.317 e. The van der Waals surface area contributed by atoms with E-state index in [4.69, 9.17) is 9.47 Å². The molecule has 0 aromatic heterocycles. The minimum absolute atomic E-state index is 0.0839. The third-order valence-corrected chi connectivity index (χ3v) is 5.50. The second kappa shape index (κ2) is 9.52. The van der Waals surface area contributed by atoms with Crippen molar-refractivity contribution in [3.63, 3.8) is 0 Å². The number of nitrogens with zero attached hydrogens (tertiary/aromatic N) is 1. The maximum Gasteiger partial charge on any atom is 0.317 e. The molecule has 2 unspecified atom stereocenters. The number of Topliss-reactive ketones (excluding diaryl/α,β-unsaturated/α-hetero) is 1. The number of hydrogen-bond acceptors (Lipinski definition) is 6. The van der Waals surface area contributed by atoms with Crippen LogP contribution in [0.25, 0.3) is 0 Å². The molecular formula is C23H25NO6. The Morgan fingerprint density at radius 1 is 1.10 bits per heavy atom. The number of carbonyl (C=O) groups excluding carboxylic acids is 2. The van der Waals surface area contributed by atoms with Gasteiger partial charge in [-0.1, -0.05) is 18.2 Å². The highest BCUT2D eigenvalue weighted by Gasteiger charge is 2.40. The maximum atomic E-state index is 13.3. The zero-order valence-corrected chi connectivity index (χ0v) is 17.1. The van der Waals surface area contributed by atoms with Crippen LogP contribution in [0.2, 0.25) is 0 Å². The SMILES string of the molecule is CCOC(=O)C(C(=O)c1ccc(OC)cc1)C(C[N+](=O)[O-])c1ccc2c(c1)CCC2. The molecule has 7 nitrogen and oxygen atoms in total. The summed E-state index contributed by atoms with van der Waals surface area (Å²) in [5.74, 6) is -2.89. The Balaban J connectivity index is 2.03. The van der Waals surface area contributed by atoms with Gasteiger partial charge in [0.15, 0.2) is 5.78 Å². The number of rotatable bonds is 9. The molecule has 7 heteroatoms. The number of fused-ring (bicyclic) bond motifs is 1. The molecule has 30 heavy (non-hydrogen) atoms. The number of carbonyl (C=O) groups is 2. The van der Waals surface area contributed by atoms with Crippen LogP contribution in [0.5, 0.6) is 5.75 Å². The maximum absolute atomic E-state index is 13.3. The lowest BCUT2D eigenvalue weighted by molar-refractivity contribution is -0.484. The Hall–Kier alpha value is -3.22. The van der Waals surface area contributed by atoms with E-state index in [0.717, 1.165) is 24.8 Å². The van der Waals surface area contributed by atoms with E-state index in [1.165, 1.54) is 12.7 Å².